The third-order valence-electron chi connectivity index (χ3n) is 4.32. The quantitative estimate of drug-likeness (QED) is 0.461. The van der Waals surface area contributed by atoms with Crippen molar-refractivity contribution in [3.63, 3.8) is 0 Å². The highest BCUT2D eigenvalue weighted by Gasteiger charge is 2.42. The number of carbonyl (C=O) groups excluding carboxylic acids is 1. The van der Waals surface area contributed by atoms with Gasteiger partial charge in [-0.2, -0.15) is 13.2 Å². The van der Waals surface area contributed by atoms with E-state index in [1.54, 1.807) is 6.92 Å². The second-order valence-electron chi connectivity index (χ2n) is 6.36. The molecule has 10 heteroatoms. The van der Waals surface area contributed by atoms with E-state index in [1.165, 1.54) is 18.2 Å². The number of H-pyrrole nitrogens is 1. The number of carboxylic acid groups (broad SMARTS) is 1. The van der Waals surface area contributed by atoms with Gasteiger partial charge in [0.15, 0.2) is 6.04 Å². The van der Waals surface area contributed by atoms with Crippen molar-refractivity contribution in [2.75, 3.05) is 0 Å². The van der Waals surface area contributed by atoms with E-state index in [0.717, 1.165) is 18.2 Å². The van der Waals surface area contributed by atoms with Crippen molar-refractivity contribution >= 4 is 38.7 Å². The van der Waals surface area contributed by atoms with Crippen molar-refractivity contribution in [2.24, 2.45) is 0 Å². The molecule has 152 valence electrons. The highest BCUT2D eigenvalue weighted by molar-refractivity contribution is 9.10. The second-order valence-corrected chi connectivity index (χ2v) is 7.22. The van der Waals surface area contributed by atoms with Crippen LogP contribution in [0.15, 0.2) is 40.9 Å². The van der Waals surface area contributed by atoms with Gasteiger partial charge in [0.25, 0.3) is 5.91 Å². The maximum Gasteiger partial charge on any atom is 0.412 e. The number of fused-ring (bicyclic) bond motifs is 1. The molecule has 0 aliphatic rings. The largest absolute Gasteiger partial charge is 0.478 e. The summed E-state index contributed by atoms with van der Waals surface area (Å²) in [5, 5.41) is 11.4. The SMILES string of the molecule is Cc1cc2[nH]c(C(=O)NC(c3ccc(F)c(Br)c3)C(F)(F)F)cc2cc1C(=O)O. The molecule has 3 rings (SSSR count). The van der Waals surface area contributed by atoms with Crippen molar-refractivity contribution in [3.05, 3.63) is 69.1 Å². The Kier molecular flexibility index (Phi) is 5.40. The Hall–Kier alpha value is -2.88. The van der Waals surface area contributed by atoms with Crippen LogP contribution in [0.4, 0.5) is 17.6 Å². The van der Waals surface area contributed by atoms with E-state index in [-0.39, 0.29) is 21.3 Å². The number of amides is 1. The van der Waals surface area contributed by atoms with Crippen molar-refractivity contribution in [2.45, 2.75) is 19.1 Å². The fraction of sp³-hybridized carbons (Fsp3) is 0.158. The summed E-state index contributed by atoms with van der Waals surface area (Å²) < 4.78 is 53.7. The van der Waals surface area contributed by atoms with Crippen molar-refractivity contribution in [3.8, 4) is 0 Å². The van der Waals surface area contributed by atoms with Crippen LogP contribution in [0.3, 0.4) is 0 Å². The van der Waals surface area contributed by atoms with Gasteiger partial charge in [-0.15, -0.1) is 0 Å². The van der Waals surface area contributed by atoms with E-state index in [1.807, 2.05) is 5.32 Å². The predicted molar refractivity (Wildman–Crippen MR) is 100 cm³/mol. The molecule has 0 bridgehead atoms. The molecule has 1 amide bonds. The fourth-order valence-electron chi connectivity index (χ4n) is 2.90. The van der Waals surface area contributed by atoms with E-state index in [2.05, 4.69) is 20.9 Å². The third-order valence-corrected chi connectivity index (χ3v) is 4.93. The second kappa shape index (κ2) is 7.51. The third kappa shape index (κ3) is 4.26. The molecule has 29 heavy (non-hydrogen) atoms. The number of aromatic carboxylic acids is 1. The van der Waals surface area contributed by atoms with Gasteiger partial charge in [0, 0.05) is 10.9 Å². The lowest BCUT2D eigenvalue weighted by Crippen LogP contribution is -2.38. The number of carbonyl (C=O) groups is 2. The zero-order valence-corrected chi connectivity index (χ0v) is 16.3. The number of benzene rings is 2. The molecular weight excluding hydrogens is 460 g/mol. The average Bonchev–Trinajstić information content (AvgIpc) is 3.03. The topological polar surface area (TPSA) is 82.2 Å². The number of alkyl halides is 3. The first-order valence-corrected chi connectivity index (χ1v) is 8.96. The van der Waals surface area contributed by atoms with E-state index in [0.29, 0.717) is 16.5 Å². The summed E-state index contributed by atoms with van der Waals surface area (Å²) in [6.07, 6.45) is -4.83. The maximum absolute atomic E-state index is 13.5. The van der Waals surface area contributed by atoms with Gasteiger partial charge in [0.2, 0.25) is 0 Å². The molecule has 1 heterocycles. The molecule has 0 saturated heterocycles. The molecular formula is C19H13BrF4N2O3. The minimum absolute atomic E-state index is 0.0211. The number of nitrogens with one attached hydrogen (secondary N) is 2. The summed E-state index contributed by atoms with van der Waals surface area (Å²) in [7, 11) is 0. The standard InChI is InChI=1S/C19H13BrF4N2O3/c1-8-4-14-10(5-11(8)18(28)29)7-15(25-14)17(27)26-16(19(22,23)24)9-2-3-13(21)12(20)6-9/h2-7,16,25H,1H3,(H,26,27)(H,28,29). The molecule has 0 aliphatic carbocycles. The highest BCUT2D eigenvalue weighted by atomic mass is 79.9. The molecule has 5 nitrogen and oxygen atoms in total. The van der Waals surface area contributed by atoms with Gasteiger partial charge in [-0.05, 0) is 64.3 Å². The number of aromatic nitrogens is 1. The Morgan fingerprint density at radius 1 is 1.17 bits per heavy atom. The van der Waals surface area contributed by atoms with Crippen LogP contribution in [0.5, 0.6) is 0 Å². The molecule has 0 spiro atoms. The molecule has 3 N–H and O–H groups in total. The van der Waals surface area contributed by atoms with Gasteiger partial charge in [0.05, 0.1) is 10.0 Å². The van der Waals surface area contributed by atoms with Crippen LogP contribution in [0.2, 0.25) is 0 Å². The molecule has 0 saturated carbocycles. The Morgan fingerprint density at radius 2 is 1.86 bits per heavy atom. The number of carboxylic acids is 1. The molecule has 0 aliphatic heterocycles. The van der Waals surface area contributed by atoms with Crippen molar-refractivity contribution < 1.29 is 32.3 Å². The first kappa shape index (κ1) is 20.8. The summed E-state index contributed by atoms with van der Waals surface area (Å²) in [4.78, 5) is 26.4. The zero-order valence-electron chi connectivity index (χ0n) is 14.7. The summed E-state index contributed by atoms with van der Waals surface area (Å²) >= 11 is 2.83. The van der Waals surface area contributed by atoms with Gasteiger partial charge < -0.3 is 15.4 Å². The van der Waals surface area contributed by atoms with Gasteiger partial charge in [0.1, 0.15) is 11.5 Å². The molecule has 1 aromatic heterocycles. The average molecular weight is 473 g/mol. The van der Waals surface area contributed by atoms with E-state index >= 15 is 0 Å². The van der Waals surface area contributed by atoms with E-state index in [9.17, 15) is 32.3 Å². The summed E-state index contributed by atoms with van der Waals surface area (Å²) in [6, 6.07) is 4.48. The minimum atomic E-state index is -4.83. The van der Waals surface area contributed by atoms with Crippen LogP contribution < -0.4 is 5.32 Å². The first-order chi connectivity index (χ1) is 13.5. The molecule has 3 aromatic rings. The Morgan fingerprint density at radius 3 is 2.45 bits per heavy atom. The molecule has 1 atom stereocenters. The highest BCUT2D eigenvalue weighted by Crippen LogP contribution is 2.34. The zero-order chi connectivity index (χ0) is 21.5. The smallest absolute Gasteiger partial charge is 0.412 e. The lowest BCUT2D eigenvalue weighted by molar-refractivity contribution is -0.155. The van der Waals surface area contributed by atoms with E-state index < -0.39 is 29.9 Å². The van der Waals surface area contributed by atoms with Gasteiger partial charge in [-0.1, -0.05) is 6.07 Å². The summed E-state index contributed by atoms with van der Waals surface area (Å²) in [6.45, 7) is 1.57. The maximum atomic E-state index is 13.5. The Labute approximate surface area is 169 Å². The Bertz CT molecular complexity index is 1120. The molecule has 0 fully saturated rings. The number of rotatable bonds is 4. The predicted octanol–water partition coefficient (Wildman–Crippen LogP) is 5.11. The number of halogens is 5. The number of aromatic amines is 1. The summed E-state index contributed by atoms with van der Waals surface area (Å²) in [5.41, 5.74) is 0.346. The number of hydrogen-bond acceptors (Lipinski definition) is 2. The van der Waals surface area contributed by atoms with Crippen molar-refractivity contribution in [1.82, 2.24) is 10.3 Å². The van der Waals surface area contributed by atoms with Crippen LogP contribution in [0.1, 0.15) is 38.0 Å². The monoisotopic (exact) mass is 472 g/mol. The van der Waals surface area contributed by atoms with Crippen LogP contribution in [-0.4, -0.2) is 28.1 Å². The Balaban J connectivity index is 1.95. The van der Waals surface area contributed by atoms with Gasteiger partial charge >= 0.3 is 12.1 Å². The first-order valence-electron chi connectivity index (χ1n) is 8.16. The van der Waals surface area contributed by atoms with Crippen LogP contribution >= 0.6 is 15.9 Å². The molecule has 2 aromatic carbocycles. The minimum Gasteiger partial charge on any atom is -0.478 e. The van der Waals surface area contributed by atoms with Crippen LogP contribution in [0, 0.1) is 12.7 Å². The fourth-order valence-corrected chi connectivity index (χ4v) is 3.29. The lowest BCUT2D eigenvalue weighted by atomic mass is 10.1. The number of hydrogen-bond donors (Lipinski definition) is 3. The van der Waals surface area contributed by atoms with Gasteiger partial charge in [-0.25, -0.2) is 9.18 Å². The normalized spacial score (nSPS) is 12.8. The molecule has 0 radical (unpaired) electrons. The molecule has 1 unspecified atom stereocenters. The van der Waals surface area contributed by atoms with E-state index in [4.69, 9.17) is 0 Å². The number of aryl methyl sites for hydroxylation is 1. The van der Waals surface area contributed by atoms with Crippen LogP contribution in [0.25, 0.3) is 10.9 Å². The van der Waals surface area contributed by atoms with Crippen LogP contribution in [-0.2, 0) is 0 Å². The lowest BCUT2D eigenvalue weighted by Gasteiger charge is -2.22. The van der Waals surface area contributed by atoms with Crippen molar-refractivity contribution in [1.29, 1.82) is 0 Å². The van der Waals surface area contributed by atoms with Gasteiger partial charge in [-0.3, -0.25) is 4.79 Å². The summed E-state index contributed by atoms with van der Waals surface area (Å²) in [5.74, 6) is -2.93.